The smallest absolute Gasteiger partial charge is 0.213 e. The zero-order valence-corrected chi connectivity index (χ0v) is 11.1. The maximum Gasteiger partial charge on any atom is 0.213 e. The van der Waals surface area contributed by atoms with Crippen molar-refractivity contribution in [2.75, 3.05) is 5.75 Å². The predicted molar refractivity (Wildman–Crippen MR) is 68.8 cm³/mol. The molecule has 8 heteroatoms. The van der Waals surface area contributed by atoms with Crippen molar-refractivity contribution in [3.05, 3.63) is 24.8 Å². The van der Waals surface area contributed by atoms with E-state index in [1.807, 2.05) is 6.92 Å². The largest absolute Gasteiger partial charge is 0.261 e. The topological polar surface area (TPSA) is 73.0 Å². The fourth-order valence-corrected chi connectivity index (χ4v) is 3.44. The van der Waals surface area contributed by atoms with Crippen molar-refractivity contribution in [3.63, 3.8) is 0 Å². The first-order valence-corrected chi connectivity index (χ1v) is 7.42. The van der Waals surface area contributed by atoms with Crippen molar-refractivity contribution in [3.8, 4) is 11.4 Å². The summed E-state index contributed by atoms with van der Waals surface area (Å²) < 4.78 is 13.9. The Morgan fingerprint density at radius 2 is 2.28 bits per heavy atom. The van der Waals surface area contributed by atoms with Crippen LogP contribution in [0.1, 0.15) is 6.92 Å². The highest BCUT2D eigenvalue weighted by atomic mass is 32.2. The summed E-state index contributed by atoms with van der Waals surface area (Å²) in [5.41, 5.74) is 1.42. The third-order valence-corrected chi connectivity index (χ3v) is 4.83. The van der Waals surface area contributed by atoms with Gasteiger partial charge in [0.05, 0.1) is 23.2 Å². The van der Waals surface area contributed by atoms with Gasteiger partial charge in [-0.2, -0.15) is 0 Å². The fraction of sp³-hybridized carbons (Fsp3) is 0.200. The standard InChI is InChI=1S/C10H9N5OS2/c1-2-18(16)10-14-15-6-8(13-9(15)17-10)7-5-11-3-4-12-7/h3-6H,2H2,1H3. The number of rotatable bonds is 3. The Bertz CT molecular complexity index is 674. The minimum atomic E-state index is -1.03. The number of fused-ring (bicyclic) bond motifs is 1. The molecule has 0 radical (unpaired) electrons. The number of hydrogen-bond acceptors (Lipinski definition) is 6. The van der Waals surface area contributed by atoms with Crippen molar-refractivity contribution >= 4 is 27.1 Å². The Morgan fingerprint density at radius 3 is 2.94 bits per heavy atom. The molecule has 92 valence electrons. The fourth-order valence-electron chi connectivity index (χ4n) is 1.45. The zero-order chi connectivity index (χ0) is 12.5. The van der Waals surface area contributed by atoms with Gasteiger partial charge < -0.3 is 0 Å². The van der Waals surface area contributed by atoms with Gasteiger partial charge >= 0.3 is 0 Å². The van der Waals surface area contributed by atoms with E-state index in [4.69, 9.17) is 0 Å². The maximum absolute atomic E-state index is 11.6. The molecule has 0 fully saturated rings. The Balaban J connectivity index is 2.04. The maximum atomic E-state index is 11.6. The summed E-state index contributed by atoms with van der Waals surface area (Å²) in [4.78, 5) is 13.3. The van der Waals surface area contributed by atoms with Crippen LogP contribution in [0, 0.1) is 0 Å². The summed E-state index contributed by atoms with van der Waals surface area (Å²) >= 11 is 1.34. The van der Waals surface area contributed by atoms with Gasteiger partial charge in [0.1, 0.15) is 11.4 Å². The number of imidazole rings is 1. The summed E-state index contributed by atoms with van der Waals surface area (Å²) in [6, 6.07) is 0. The summed E-state index contributed by atoms with van der Waals surface area (Å²) in [5.74, 6) is 0.563. The van der Waals surface area contributed by atoms with Crippen LogP contribution >= 0.6 is 11.3 Å². The van der Waals surface area contributed by atoms with Gasteiger partial charge in [0.2, 0.25) is 9.30 Å². The van der Waals surface area contributed by atoms with Gasteiger partial charge in [-0.25, -0.2) is 9.50 Å². The van der Waals surface area contributed by atoms with Crippen molar-refractivity contribution in [2.45, 2.75) is 11.3 Å². The molecule has 1 unspecified atom stereocenters. The lowest BCUT2D eigenvalue weighted by Gasteiger charge is -1.91. The van der Waals surface area contributed by atoms with Gasteiger partial charge in [-0.3, -0.25) is 14.2 Å². The van der Waals surface area contributed by atoms with E-state index in [9.17, 15) is 4.21 Å². The van der Waals surface area contributed by atoms with Gasteiger partial charge in [0, 0.05) is 18.1 Å². The third kappa shape index (κ3) is 1.93. The summed E-state index contributed by atoms with van der Waals surface area (Å²) in [7, 11) is -1.03. The SMILES string of the molecule is CCS(=O)c1nn2cc(-c3cnccn3)nc2s1. The minimum Gasteiger partial charge on any atom is -0.261 e. The lowest BCUT2D eigenvalue weighted by atomic mass is 10.3. The van der Waals surface area contributed by atoms with Gasteiger partial charge in [0.25, 0.3) is 0 Å². The lowest BCUT2D eigenvalue weighted by Crippen LogP contribution is -1.94. The van der Waals surface area contributed by atoms with Crippen LogP contribution in [-0.4, -0.2) is 34.5 Å². The molecule has 1 atom stereocenters. The molecule has 0 amide bonds. The molecule has 3 aromatic rings. The van der Waals surface area contributed by atoms with Crippen LogP contribution in [0.3, 0.4) is 0 Å². The second-order valence-electron chi connectivity index (χ2n) is 3.45. The van der Waals surface area contributed by atoms with Gasteiger partial charge in [-0.05, 0) is 0 Å². The molecule has 0 aliphatic carbocycles. The first kappa shape index (κ1) is 11.4. The van der Waals surface area contributed by atoms with E-state index in [1.165, 1.54) is 11.3 Å². The molecule has 0 aromatic carbocycles. The average Bonchev–Trinajstić information content (AvgIpc) is 2.97. The lowest BCUT2D eigenvalue weighted by molar-refractivity contribution is 0.681. The molecule has 0 spiro atoms. The molecule has 0 N–H and O–H groups in total. The number of nitrogens with zero attached hydrogens (tertiary/aromatic N) is 5. The van der Waals surface area contributed by atoms with Crippen LogP contribution in [0.2, 0.25) is 0 Å². The highest BCUT2D eigenvalue weighted by Crippen LogP contribution is 2.21. The molecule has 0 bridgehead atoms. The van der Waals surface area contributed by atoms with Crippen molar-refractivity contribution in [2.24, 2.45) is 0 Å². The second kappa shape index (κ2) is 4.54. The summed E-state index contributed by atoms with van der Waals surface area (Å²) in [5, 5.41) is 4.25. The van der Waals surface area contributed by atoms with Crippen LogP contribution in [0.15, 0.2) is 29.1 Å². The molecular formula is C10H9N5OS2. The van der Waals surface area contributed by atoms with E-state index in [1.54, 1.807) is 29.3 Å². The molecule has 0 aliphatic heterocycles. The van der Waals surface area contributed by atoms with E-state index in [-0.39, 0.29) is 0 Å². The number of aromatic nitrogens is 5. The van der Waals surface area contributed by atoms with E-state index in [0.717, 1.165) is 5.69 Å². The van der Waals surface area contributed by atoms with Crippen LogP contribution in [0.4, 0.5) is 0 Å². The van der Waals surface area contributed by atoms with Gasteiger partial charge in [-0.1, -0.05) is 18.3 Å². The van der Waals surface area contributed by atoms with Crippen LogP contribution < -0.4 is 0 Å². The Kier molecular flexibility index (Phi) is 2.88. The van der Waals surface area contributed by atoms with Crippen LogP contribution in [0.5, 0.6) is 0 Å². The monoisotopic (exact) mass is 279 g/mol. The Morgan fingerprint density at radius 1 is 1.39 bits per heavy atom. The average molecular weight is 279 g/mol. The van der Waals surface area contributed by atoms with Crippen molar-refractivity contribution < 1.29 is 4.21 Å². The first-order chi connectivity index (χ1) is 8.78. The molecule has 3 rings (SSSR count). The molecule has 18 heavy (non-hydrogen) atoms. The summed E-state index contributed by atoms with van der Waals surface area (Å²) in [6.07, 6.45) is 6.65. The third-order valence-electron chi connectivity index (χ3n) is 2.31. The number of hydrogen-bond donors (Lipinski definition) is 0. The minimum absolute atomic E-state index is 0.563. The molecule has 6 nitrogen and oxygen atoms in total. The molecular weight excluding hydrogens is 270 g/mol. The van der Waals surface area contributed by atoms with Crippen molar-refractivity contribution in [1.29, 1.82) is 0 Å². The zero-order valence-electron chi connectivity index (χ0n) is 9.48. The molecule has 3 aromatic heterocycles. The van der Waals surface area contributed by atoms with Crippen LogP contribution in [0.25, 0.3) is 16.3 Å². The molecule has 3 heterocycles. The molecule has 0 saturated carbocycles. The quantitative estimate of drug-likeness (QED) is 0.724. The first-order valence-electron chi connectivity index (χ1n) is 5.29. The van der Waals surface area contributed by atoms with Crippen LogP contribution in [-0.2, 0) is 10.8 Å². The predicted octanol–water partition coefficient (Wildman–Crippen LogP) is 1.38. The summed E-state index contributed by atoms with van der Waals surface area (Å²) in [6.45, 7) is 1.87. The second-order valence-corrected chi connectivity index (χ2v) is 6.32. The molecule has 0 aliphatic rings. The Labute approximate surface area is 109 Å². The van der Waals surface area contributed by atoms with E-state index in [0.29, 0.717) is 20.7 Å². The highest BCUT2D eigenvalue weighted by Gasteiger charge is 2.13. The van der Waals surface area contributed by atoms with Gasteiger partial charge in [-0.15, -0.1) is 5.10 Å². The molecule has 0 saturated heterocycles. The normalized spacial score (nSPS) is 12.9. The highest BCUT2D eigenvalue weighted by molar-refractivity contribution is 7.87. The van der Waals surface area contributed by atoms with Gasteiger partial charge in [0.15, 0.2) is 0 Å². The van der Waals surface area contributed by atoms with E-state index < -0.39 is 10.8 Å². The van der Waals surface area contributed by atoms with E-state index in [2.05, 4.69) is 20.1 Å². The van der Waals surface area contributed by atoms with E-state index >= 15 is 0 Å². The Hall–Kier alpha value is -1.67. The van der Waals surface area contributed by atoms with Crippen molar-refractivity contribution in [1.82, 2.24) is 24.6 Å².